The minimum atomic E-state index is -1.73. The second-order valence-electron chi connectivity index (χ2n) is 9.74. The summed E-state index contributed by atoms with van der Waals surface area (Å²) in [6, 6.07) is 21.1. The minimum absolute atomic E-state index is 0.141. The maximum Gasteiger partial charge on any atom is 0.352 e. The molecule has 0 spiro atoms. The lowest BCUT2D eigenvalue weighted by Crippen LogP contribution is -2.74. The van der Waals surface area contributed by atoms with Gasteiger partial charge in [0.25, 0.3) is 17.4 Å². The smallest absolute Gasteiger partial charge is 0.352 e. The molecule has 2 amide bonds. The van der Waals surface area contributed by atoms with Crippen LogP contribution in [-0.4, -0.2) is 72.3 Å². The number of β-lactam (4-membered cyclic amide) rings is 1. The first-order valence-electron chi connectivity index (χ1n) is 13.2. The summed E-state index contributed by atoms with van der Waals surface area (Å²) in [5, 5.41) is 11.9. The van der Waals surface area contributed by atoms with Crippen LogP contribution in [-0.2, 0) is 25.2 Å². The molecule has 4 aromatic rings. The third kappa shape index (κ3) is 5.37. The summed E-state index contributed by atoms with van der Waals surface area (Å²) in [6.07, 6.45) is 0. The highest BCUT2D eigenvalue weighted by atomic mass is 32.2. The molecule has 0 saturated carbocycles. The molecular weight excluding hydrogens is 576 g/mol. The van der Waals surface area contributed by atoms with E-state index in [4.69, 9.17) is 9.47 Å². The molecule has 0 bridgehead atoms. The standard InChI is InChI=1S/C30H24N4O8S/c35-23(15-41-18-8-2-1-3-9-18)32-24-28(37)34-25(30(38)39)17(16-43(40)29(24)34)14-42-22-13-7-5-11-20(22)26-31-21-12-6-4-10-19(21)27(36)33-26/h1-13,24,29H,14-16H2,(H,32,35)(H,38,39)(H,31,33,36)/t24-,29+,43+/m1/s1. The lowest BCUT2D eigenvalue weighted by Gasteiger charge is -2.48. The number of amides is 2. The van der Waals surface area contributed by atoms with Crippen LogP contribution in [0.25, 0.3) is 22.3 Å². The molecule has 2 aliphatic rings. The molecule has 0 radical (unpaired) electrons. The topological polar surface area (TPSA) is 168 Å². The highest BCUT2D eigenvalue weighted by Crippen LogP contribution is 2.36. The molecule has 12 nitrogen and oxygen atoms in total. The van der Waals surface area contributed by atoms with Crippen molar-refractivity contribution in [2.45, 2.75) is 11.4 Å². The first-order valence-corrected chi connectivity index (χ1v) is 14.5. The molecule has 3 N–H and O–H groups in total. The monoisotopic (exact) mass is 600 g/mol. The number of para-hydroxylation sites is 3. The fraction of sp³-hybridized carbons (Fsp3) is 0.167. The number of carboxylic acid groups (broad SMARTS) is 1. The fourth-order valence-corrected chi connectivity index (χ4v) is 6.68. The van der Waals surface area contributed by atoms with E-state index in [1.54, 1.807) is 78.9 Å². The van der Waals surface area contributed by atoms with E-state index < -0.39 is 40.0 Å². The number of ether oxygens (including phenoxy) is 2. The van der Waals surface area contributed by atoms with Crippen LogP contribution >= 0.6 is 0 Å². The number of aromatic amines is 1. The maximum absolute atomic E-state index is 13.2. The van der Waals surface area contributed by atoms with E-state index in [0.717, 1.165) is 4.90 Å². The number of benzene rings is 3. The van der Waals surface area contributed by atoms with E-state index in [-0.39, 0.29) is 41.6 Å². The number of rotatable bonds is 9. The summed E-state index contributed by atoms with van der Waals surface area (Å²) in [4.78, 5) is 58.6. The van der Waals surface area contributed by atoms with Crippen LogP contribution in [0.1, 0.15) is 0 Å². The molecule has 0 unspecified atom stereocenters. The molecule has 2 aliphatic heterocycles. The average molecular weight is 601 g/mol. The Kier molecular flexibility index (Phi) is 7.47. The number of carbonyl (C=O) groups excluding carboxylic acids is 2. The normalized spacial score (nSPS) is 19.4. The zero-order valence-corrected chi connectivity index (χ0v) is 23.2. The predicted octanol–water partition coefficient (Wildman–Crippen LogP) is 1.80. The Morgan fingerprint density at radius 3 is 2.51 bits per heavy atom. The van der Waals surface area contributed by atoms with E-state index in [0.29, 0.717) is 28.0 Å². The molecule has 6 rings (SSSR count). The van der Waals surface area contributed by atoms with Crippen LogP contribution < -0.4 is 20.3 Å². The van der Waals surface area contributed by atoms with Crippen molar-refractivity contribution in [2.24, 2.45) is 0 Å². The van der Waals surface area contributed by atoms with Crippen molar-refractivity contribution in [3.63, 3.8) is 0 Å². The summed E-state index contributed by atoms with van der Waals surface area (Å²) >= 11 is 0. The average Bonchev–Trinajstić information content (AvgIpc) is 3.01. The van der Waals surface area contributed by atoms with Crippen molar-refractivity contribution in [1.82, 2.24) is 20.2 Å². The summed E-state index contributed by atoms with van der Waals surface area (Å²) < 4.78 is 24.6. The second kappa shape index (κ2) is 11.5. The van der Waals surface area contributed by atoms with Crippen molar-refractivity contribution in [1.29, 1.82) is 0 Å². The van der Waals surface area contributed by atoms with Crippen LogP contribution in [0.5, 0.6) is 11.5 Å². The first-order chi connectivity index (χ1) is 20.8. The van der Waals surface area contributed by atoms with Crippen molar-refractivity contribution in [3.8, 4) is 22.9 Å². The van der Waals surface area contributed by atoms with Crippen molar-refractivity contribution >= 4 is 39.5 Å². The van der Waals surface area contributed by atoms with E-state index in [1.165, 1.54) is 0 Å². The number of fused-ring (bicyclic) bond motifs is 2. The molecular formula is C30H24N4O8S. The highest BCUT2D eigenvalue weighted by molar-refractivity contribution is 7.86. The number of aliphatic carboxylic acids is 1. The zero-order chi connectivity index (χ0) is 30.1. The van der Waals surface area contributed by atoms with E-state index in [1.807, 2.05) is 0 Å². The third-order valence-corrected chi connectivity index (χ3v) is 8.65. The van der Waals surface area contributed by atoms with Crippen LogP contribution in [0.2, 0.25) is 0 Å². The Morgan fingerprint density at radius 1 is 1.00 bits per heavy atom. The maximum atomic E-state index is 13.2. The number of nitrogens with one attached hydrogen (secondary N) is 2. The van der Waals surface area contributed by atoms with Crippen molar-refractivity contribution < 1.29 is 33.2 Å². The number of aromatic nitrogens is 2. The Morgan fingerprint density at radius 2 is 1.72 bits per heavy atom. The number of carboxylic acids is 1. The van der Waals surface area contributed by atoms with Gasteiger partial charge in [-0.15, -0.1) is 0 Å². The fourth-order valence-electron chi connectivity index (χ4n) is 5.01. The van der Waals surface area contributed by atoms with Crippen molar-refractivity contribution in [3.05, 3.63) is 100 Å². The second-order valence-corrected chi connectivity index (χ2v) is 11.3. The molecule has 3 heterocycles. The Hall–Kier alpha value is -5.30. The third-order valence-electron chi connectivity index (χ3n) is 6.99. The molecule has 1 fully saturated rings. The minimum Gasteiger partial charge on any atom is -0.488 e. The van der Waals surface area contributed by atoms with Gasteiger partial charge in [-0.05, 0) is 36.4 Å². The van der Waals surface area contributed by atoms with Gasteiger partial charge in [-0.3, -0.25) is 23.5 Å². The van der Waals surface area contributed by atoms with Gasteiger partial charge in [-0.25, -0.2) is 9.78 Å². The number of hydrogen-bond donors (Lipinski definition) is 3. The largest absolute Gasteiger partial charge is 0.488 e. The molecule has 43 heavy (non-hydrogen) atoms. The number of H-pyrrole nitrogens is 1. The molecule has 1 aromatic heterocycles. The van der Waals surface area contributed by atoms with Gasteiger partial charge >= 0.3 is 5.97 Å². The Bertz CT molecular complexity index is 1870. The van der Waals surface area contributed by atoms with Crippen LogP contribution in [0, 0.1) is 0 Å². The van der Waals surface area contributed by atoms with Crippen LogP contribution in [0.15, 0.2) is 94.9 Å². The summed E-state index contributed by atoms with van der Waals surface area (Å²) in [5.74, 6) is -1.86. The van der Waals surface area contributed by atoms with Crippen LogP contribution in [0.3, 0.4) is 0 Å². The summed E-state index contributed by atoms with van der Waals surface area (Å²) in [5.41, 5.74) is 0.422. The summed E-state index contributed by atoms with van der Waals surface area (Å²) in [7, 11) is -1.73. The van der Waals surface area contributed by atoms with Gasteiger partial charge in [0.15, 0.2) is 6.61 Å². The van der Waals surface area contributed by atoms with Gasteiger partial charge in [0.2, 0.25) is 0 Å². The number of nitrogens with zero attached hydrogens (tertiary/aromatic N) is 2. The molecule has 3 atom stereocenters. The van der Waals surface area contributed by atoms with Gasteiger partial charge in [-0.1, -0.05) is 42.5 Å². The quantitative estimate of drug-likeness (QED) is 0.243. The van der Waals surface area contributed by atoms with E-state index in [2.05, 4.69) is 15.3 Å². The van der Waals surface area contributed by atoms with E-state index in [9.17, 15) is 28.5 Å². The Labute approximate surface area is 246 Å². The zero-order valence-electron chi connectivity index (χ0n) is 22.4. The molecule has 13 heteroatoms. The number of hydrogen-bond acceptors (Lipinski definition) is 8. The molecule has 0 aliphatic carbocycles. The lowest BCUT2D eigenvalue weighted by molar-refractivity contribution is -0.151. The lowest BCUT2D eigenvalue weighted by atomic mass is 10.0. The van der Waals surface area contributed by atoms with Gasteiger partial charge in [-0.2, -0.15) is 0 Å². The summed E-state index contributed by atoms with van der Waals surface area (Å²) in [6.45, 7) is -0.661. The molecule has 3 aromatic carbocycles. The van der Waals surface area contributed by atoms with Gasteiger partial charge in [0.05, 0.1) is 33.0 Å². The first kappa shape index (κ1) is 27.8. The Balaban J connectivity index is 1.20. The predicted molar refractivity (Wildman–Crippen MR) is 155 cm³/mol. The van der Waals surface area contributed by atoms with Gasteiger partial charge in [0.1, 0.15) is 41.0 Å². The molecule has 1 saturated heterocycles. The highest BCUT2D eigenvalue weighted by Gasteiger charge is 2.57. The van der Waals surface area contributed by atoms with E-state index >= 15 is 0 Å². The van der Waals surface area contributed by atoms with Gasteiger partial charge < -0.3 is 24.9 Å². The van der Waals surface area contributed by atoms with Crippen LogP contribution in [0.4, 0.5) is 0 Å². The SMILES string of the molecule is O=C(COc1ccccc1)N[C@@H]1C(=O)N2C(C(=O)O)=C(COc3ccccc3-c3nc4ccccc4c(=O)[nH]3)C[S@](=O)[C@@H]12. The number of carbonyl (C=O) groups is 3. The van der Waals surface area contributed by atoms with Gasteiger partial charge in [0, 0.05) is 5.57 Å². The van der Waals surface area contributed by atoms with Crippen molar-refractivity contribution in [2.75, 3.05) is 19.0 Å². The molecule has 218 valence electrons.